The largest absolute Gasteiger partial charge is 0.449 e. The van der Waals surface area contributed by atoms with Gasteiger partial charge < -0.3 is 4.74 Å². The van der Waals surface area contributed by atoms with Crippen LogP contribution >= 0.6 is 11.8 Å². The summed E-state index contributed by atoms with van der Waals surface area (Å²) in [6, 6.07) is 9.20. The quantitative estimate of drug-likeness (QED) is 0.615. The summed E-state index contributed by atoms with van der Waals surface area (Å²) in [6.07, 6.45) is 1.90. The molecular weight excluding hydrogens is 242 g/mol. The Morgan fingerprint density at radius 1 is 1.35 bits per heavy atom. The van der Waals surface area contributed by atoms with Crippen molar-refractivity contribution in [3.05, 3.63) is 42.0 Å². The normalized spacial score (nSPS) is 10.2. The van der Waals surface area contributed by atoms with Crippen molar-refractivity contribution in [3.63, 3.8) is 0 Å². The Bertz CT molecular complexity index is 417. The number of nitrogens with zero attached hydrogens (tertiary/aromatic N) is 1. The maximum Gasteiger partial charge on any atom is 0.431 e. The summed E-state index contributed by atoms with van der Waals surface area (Å²) in [5.74, 6) is -0.644. The molecule has 0 aliphatic rings. The van der Waals surface area contributed by atoms with Crippen LogP contribution in [0, 0.1) is 0 Å². The van der Waals surface area contributed by atoms with Gasteiger partial charge in [-0.05, 0) is 18.6 Å². The predicted octanol–water partition coefficient (Wildman–Crippen LogP) is 2.84. The van der Waals surface area contributed by atoms with Gasteiger partial charge in [-0.3, -0.25) is 4.79 Å². The lowest BCUT2D eigenvalue weighted by Crippen LogP contribution is -2.27. The van der Waals surface area contributed by atoms with E-state index >= 15 is 0 Å². The number of halogens is 1. The highest BCUT2D eigenvalue weighted by Gasteiger charge is 2.17. The van der Waals surface area contributed by atoms with Crippen LogP contribution in [-0.4, -0.2) is 23.0 Å². The lowest BCUT2D eigenvalue weighted by atomic mass is 10.2. The van der Waals surface area contributed by atoms with E-state index in [1.54, 1.807) is 13.0 Å². The van der Waals surface area contributed by atoms with Crippen LogP contribution in [0.2, 0.25) is 0 Å². The first-order chi connectivity index (χ1) is 8.15. The Morgan fingerprint density at radius 2 is 2.00 bits per heavy atom. The van der Waals surface area contributed by atoms with Gasteiger partial charge in [-0.2, -0.15) is 0 Å². The third-order valence-corrected chi connectivity index (χ3v) is 2.14. The van der Waals surface area contributed by atoms with Crippen molar-refractivity contribution in [2.24, 2.45) is 0 Å². The highest BCUT2D eigenvalue weighted by Crippen LogP contribution is 2.05. The van der Waals surface area contributed by atoms with Crippen molar-refractivity contribution in [2.45, 2.75) is 6.92 Å². The average Bonchev–Trinajstić information content (AvgIpc) is 2.36. The molecule has 0 spiro atoms. The van der Waals surface area contributed by atoms with E-state index in [9.17, 15) is 9.59 Å². The minimum absolute atomic E-state index is 0.164. The highest BCUT2D eigenvalue weighted by atomic mass is 35.5. The van der Waals surface area contributed by atoms with Crippen molar-refractivity contribution < 1.29 is 14.3 Å². The van der Waals surface area contributed by atoms with Gasteiger partial charge in [0, 0.05) is 17.9 Å². The van der Waals surface area contributed by atoms with E-state index in [-0.39, 0.29) is 6.61 Å². The lowest BCUT2D eigenvalue weighted by molar-refractivity contribution is -0.120. The van der Waals surface area contributed by atoms with Gasteiger partial charge in [-0.25, -0.2) is 4.79 Å². The molecule has 0 aromatic heterocycles. The summed E-state index contributed by atoms with van der Waals surface area (Å²) in [7, 11) is 0. The Kier molecular flexibility index (Phi) is 5.23. The minimum Gasteiger partial charge on any atom is -0.449 e. The molecule has 0 unspecified atom stereocenters. The molecule has 0 N–H and O–H groups in total. The van der Waals surface area contributed by atoms with Gasteiger partial charge in [0.05, 0.1) is 6.61 Å². The Hall–Kier alpha value is -1.81. The molecule has 0 saturated heterocycles. The maximum absolute atomic E-state index is 11.4. The number of hydrogen-bond donors (Lipinski definition) is 0. The Balaban J connectivity index is 2.60. The van der Waals surface area contributed by atoms with Crippen LogP contribution in [0.25, 0.3) is 6.08 Å². The van der Waals surface area contributed by atoms with E-state index in [0.29, 0.717) is 4.42 Å². The molecule has 1 aromatic carbocycles. The molecule has 0 aliphatic carbocycles. The summed E-state index contributed by atoms with van der Waals surface area (Å²) >= 11 is 5.48. The van der Waals surface area contributed by atoms with Gasteiger partial charge in [0.2, 0.25) is 0 Å². The molecular formula is C12H12ClNO3. The van der Waals surface area contributed by atoms with Gasteiger partial charge in [0.25, 0.3) is 5.91 Å². The molecule has 5 heteroatoms. The standard InChI is InChI=1S/C12H12ClNO3/c1-2-17-12(16)14(13)11(15)9-8-10-6-4-3-5-7-10/h3-9H,2H2,1H3/b9-8+. The van der Waals surface area contributed by atoms with Gasteiger partial charge >= 0.3 is 6.09 Å². The van der Waals surface area contributed by atoms with Crippen molar-refractivity contribution in [3.8, 4) is 0 Å². The number of hydrogen-bond acceptors (Lipinski definition) is 3. The number of benzene rings is 1. The monoisotopic (exact) mass is 253 g/mol. The fourth-order valence-electron chi connectivity index (χ4n) is 1.07. The molecule has 0 fully saturated rings. The van der Waals surface area contributed by atoms with Crippen LogP contribution in [0.1, 0.15) is 12.5 Å². The predicted molar refractivity (Wildman–Crippen MR) is 65.2 cm³/mol. The van der Waals surface area contributed by atoms with Gasteiger partial charge in [-0.1, -0.05) is 30.3 Å². The van der Waals surface area contributed by atoms with Crippen LogP contribution in [0.3, 0.4) is 0 Å². The Morgan fingerprint density at radius 3 is 2.59 bits per heavy atom. The molecule has 17 heavy (non-hydrogen) atoms. The molecule has 2 amide bonds. The first kappa shape index (κ1) is 13.3. The fourth-order valence-corrected chi connectivity index (χ4v) is 1.17. The first-order valence-corrected chi connectivity index (χ1v) is 5.38. The molecule has 0 bridgehead atoms. The third-order valence-electron chi connectivity index (χ3n) is 1.84. The van der Waals surface area contributed by atoms with Gasteiger partial charge in [0.1, 0.15) is 0 Å². The van der Waals surface area contributed by atoms with Crippen molar-refractivity contribution in [2.75, 3.05) is 6.61 Å². The molecule has 0 radical (unpaired) electrons. The molecule has 0 aliphatic heterocycles. The van der Waals surface area contributed by atoms with E-state index in [2.05, 4.69) is 4.74 Å². The van der Waals surface area contributed by atoms with E-state index in [4.69, 9.17) is 11.8 Å². The zero-order chi connectivity index (χ0) is 12.7. The second-order valence-electron chi connectivity index (χ2n) is 3.06. The molecule has 1 rings (SSSR count). The number of ether oxygens (including phenoxy) is 1. The zero-order valence-electron chi connectivity index (χ0n) is 9.30. The smallest absolute Gasteiger partial charge is 0.431 e. The maximum atomic E-state index is 11.4. The number of carbonyl (C=O) groups is 2. The second-order valence-corrected chi connectivity index (χ2v) is 3.40. The van der Waals surface area contributed by atoms with Gasteiger partial charge in [0.15, 0.2) is 0 Å². The van der Waals surface area contributed by atoms with Crippen LogP contribution < -0.4 is 0 Å². The lowest BCUT2D eigenvalue weighted by Gasteiger charge is -2.08. The Labute approximate surface area is 105 Å². The van der Waals surface area contributed by atoms with Crippen LogP contribution in [-0.2, 0) is 9.53 Å². The van der Waals surface area contributed by atoms with Crippen molar-refractivity contribution in [1.29, 1.82) is 0 Å². The summed E-state index contributed by atoms with van der Waals surface area (Å²) < 4.78 is 4.98. The van der Waals surface area contributed by atoms with Gasteiger partial charge in [-0.15, -0.1) is 4.42 Å². The van der Waals surface area contributed by atoms with Crippen LogP contribution in [0.15, 0.2) is 36.4 Å². The average molecular weight is 254 g/mol. The van der Waals surface area contributed by atoms with Crippen LogP contribution in [0.5, 0.6) is 0 Å². The highest BCUT2D eigenvalue weighted by molar-refractivity contribution is 6.30. The van der Waals surface area contributed by atoms with Crippen LogP contribution in [0.4, 0.5) is 4.79 Å². The summed E-state index contributed by atoms with van der Waals surface area (Å²) in [4.78, 5) is 22.6. The first-order valence-electron chi connectivity index (χ1n) is 5.05. The summed E-state index contributed by atoms with van der Waals surface area (Å²) in [5.41, 5.74) is 0.842. The molecule has 4 nitrogen and oxygen atoms in total. The third kappa shape index (κ3) is 4.28. The molecule has 90 valence electrons. The fraction of sp³-hybridized carbons (Fsp3) is 0.167. The molecule has 0 saturated carbocycles. The summed E-state index contributed by atoms with van der Waals surface area (Å²) in [6.45, 7) is 1.80. The van der Waals surface area contributed by atoms with E-state index < -0.39 is 12.0 Å². The summed E-state index contributed by atoms with van der Waals surface area (Å²) in [5, 5.41) is 0. The van der Waals surface area contributed by atoms with E-state index in [1.807, 2.05) is 30.3 Å². The van der Waals surface area contributed by atoms with Crippen molar-refractivity contribution in [1.82, 2.24) is 4.42 Å². The number of amides is 2. The number of rotatable bonds is 3. The minimum atomic E-state index is -0.878. The van der Waals surface area contributed by atoms with E-state index in [0.717, 1.165) is 5.56 Å². The second kappa shape index (κ2) is 6.70. The topological polar surface area (TPSA) is 46.6 Å². The van der Waals surface area contributed by atoms with Crippen molar-refractivity contribution >= 4 is 29.9 Å². The SMILES string of the molecule is CCOC(=O)N(Cl)C(=O)/C=C/c1ccccc1. The van der Waals surface area contributed by atoms with E-state index in [1.165, 1.54) is 6.08 Å². The number of carbonyl (C=O) groups excluding carboxylic acids is 2. The number of imide groups is 1. The zero-order valence-corrected chi connectivity index (χ0v) is 10.1. The molecule has 0 heterocycles. The molecule has 0 atom stereocenters. The molecule has 1 aromatic rings.